The molecule has 1 atom stereocenters. The number of nitrogens with one attached hydrogen (secondary N) is 1. The van der Waals surface area contributed by atoms with E-state index in [1.54, 1.807) is 18.2 Å². The Morgan fingerprint density at radius 3 is 2.48 bits per heavy atom. The van der Waals surface area contributed by atoms with Crippen LogP contribution in [0.4, 0.5) is 11.4 Å². The molecule has 0 saturated carbocycles. The molecule has 0 radical (unpaired) electrons. The van der Waals surface area contributed by atoms with Gasteiger partial charge in [0.15, 0.2) is 6.10 Å². The van der Waals surface area contributed by atoms with E-state index in [0.717, 1.165) is 0 Å². The summed E-state index contributed by atoms with van der Waals surface area (Å²) in [5.41, 5.74) is -0.0134. The SMILES string of the molecule is COC(=O)c1cccc(O[C@@H](C)C(=O)Nc2ccc(OC)cc2[N+](=O)[O-])c1. The van der Waals surface area contributed by atoms with E-state index in [1.165, 1.54) is 45.4 Å². The second-order valence-electron chi connectivity index (χ2n) is 5.41. The lowest BCUT2D eigenvalue weighted by Gasteiger charge is -2.15. The van der Waals surface area contributed by atoms with Crippen LogP contribution >= 0.6 is 0 Å². The molecule has 9 heteroatoms. The smallest absolute Gasteiger partial charge is 0.337 e. The molecule has 142 valence electrons. The first-order valence-electron chi connectivity index (χ1n) is 7.84. The maximum atomic E-state index is 12.3. The van der Waals surface area contributed by atoms with Gasteiger partial charge < -0.3 is 19.5 Å². The Hall–Kier alpha value is -3.62. The van der Waals surface area contributed by atoms with E-state index in [0.29, 0.717) is 5.75 Å². The fourth-order valence-electron chi connectivity index (χ4n) is 2.20. The number of nitro benzene ring substituents is 1. The Kier molecular flexibility index (Phi) is 6.32. The fourth-order valence-corrected chi connectivity index (χ4v) is 2.20. The lowest BCUT2D eigenvalue weighted by Crippen LogP contribution is -2.30. The van der Waals surface area contributed by atoms with Crippen LogP contribution in [0.25, 0.3) is 0 Å². The number of carbonyl (C=O) groups is 2. The van der Waals surface area contributed by atoms with E-state index in [9.17, 15) is 19.7 Å². The van der Waals surface area contributed by atoms with Crippen LogP contribution in [0.15, 0.2) is 42.5 Å². The van der Waals surface area contributed by atoms with Crippen molar-refractivity contribution in [2.24, 2.45) is 0 Å². The van der Waals surface area contributed by atoms with E-state index in [-0.39, 0.29) is 22.7 Å². The summed E-state index contributed by atoms with van der Waals surface area (Å²) in [6.07, 6.45) is -0.973. The molecule has 9 nitrogen and oxygen atoms in total. The molecule has 0 heterocycles. The van der Waals surface area contributed by atoms with Gasteiger partial charge in [0.05, 0.1) is 30.8 Å². The third kappa shape index (κ3) is 4.94. The lowest BCUT2D eigenvalue weighted by atomic mass is 10.2. The molecule has 0 bridgehead atoms. The van der Waals surface area contributed by atoms with Crippen LogP contribution in [-0.4, -0.2) is 37.1 Å². The molecular weight excluding hydrogens is 356 g/mol. The van der Waals surface area contributed by atoms with Gasteiger partial charge in [0.2, 0.25) is 0 Å². The number of anilines is 1. The van der Waals surface area contributed by atoms with Crippen LogP contribution in [0.3, 0.4) is 0 Å². The summed E-state index contributed by atoms with van der Waals surface area (Å²) in [5.74, 6) is -0.549. The number of amides is 1. The number of methoxy groups -OCH3 is 2. The van der Waals surface area contributed by atoms with Crippen molar-refractivity contribution in [1.29, 1.82) is 0 Å². The third-order valence-electron chi connectivity index (χ3n) is 3.60. The monoisotopic (exact) mass is 374 g/mol. The molecule has 0 unspecified atom stereocenters. The first-order chi connectivity index (χ1) is 12.8. The van der Waals surface area contributed by atoms with Crippen LogP contribution in [0.5, 0.6) is 11.5 Å². The maximum absolute atomic E-state index is 12.3. The summed E-state index contributed by atoms with van der Waals surface area (Å²) in [7, 11) is 2.64. The number of rotatable bonds is 7. The number of hydrogen-bond donors (Lipinski definition) is 1. The molecule has 0 fully saturated rings. The molecule has 2 rings (SSSR count). The van der Waals surface area contributed by atoms with E-state index in [1.807, 2.05) is 0 Å². The minimum atomic E-state index is -0.973. The lowest BCUT2D eigenvalue weighted by molar-refractivity contribution is -0.384. The van der Waals surface area contributed by atoms with Gasteiger partial charge in [0.25, 0.3) is 11.6 Å². The van der Waals surface area contributed by atoms with Crippen LogP contribution in [0.1, 0.15) is 17.3 Å². The predicted octanol–water partition coefficient (Wildman–Crippen LogP) is 2.80. The minimum absolute atomic E-state index is 0.0181. The summed E-state index contributed by atoms with van der Waals surface area (Å²) < 4.78 is 15.1. The standard InChI is InChI=1S/C18H18N2O7/c1-11(27-14-6-4-5-12(9-14)18(22)26-3)17(21)19-15-8-7-13(25-2)10-16(15)20(23)24/h4-11H,1-3H3,(H,19,21)/t11-/m0/s1. The van der Waals surface area contributed by atoms with E-state index >= 15 is 0 Å². The molecule has 1 N–H and O–H groups in total. The Bertz CT molecular complexity index is 867. The molecular formula is C18H18N2O7. The number of nitrogens with zero attached hydrogens (tertiary/aromatic N) is 1. The van der Waals surface area contributed by atoms with Gasteiger partial charge in [-0.3, -0.25) is 14.9 Å². The van der Waals surface area contributed by atoms with Gasteiger partial charge in [-0.05, 0) is 37.3 Å². The molecule has 0 spiro atoms. The zero-order chi connectivity index (χ0) is 20.0. The van der Waals surface area contributed by atoms with Gasteiger partial charge in [0.1, 0.15) is 17.2 Å². The van der Waals surface area contributed by atoms with Crippen LogP contribution in [-0.2, 0) is 9.53 Å². The largest absolute Gasteiger partial charge is 0.496 e. The topological polar surface area (TPSA) is 117 Å². The van der Waals surface area contributed by atoms with Crippen molar-refractivity contribution >= 4 is 23.3 Å². The first kappa shape index (κ1) is 19.7. The Morgan fingerprint density at radius 1 is 1.11 bits per heavy atom. The second-order valence-corrected chi connectivity index (χ2v) is 5.41. The molecule has 0 aliphatic carbocycles. The number of ether oxygens (including phenoxy) is 3. The predicted molar refractivity (Wildman–Crippen MR) is 96.1 cm³/mol. The Labute approximate surface area is 155 Å². The summed E-state index contributed by atoms with van der Waals surface area (Å²) >= 11 is 0. The average Bonchev–Trinajstić information content (AvgIpc) is 2.67. The highest BCUT2D eigenvalue weighted by Gasteiger charge is 2.21. The van der Waals surface area contributed by atoms with Crippen molar-refractivity contribution in [2.75, 3.05) is 19.5 Å². The highest BCUT2D eigenvalue weighted by Crippen LogP contribution is 2.29. The van der Waals surface area contributed by atoms with E-state index < -0.39 is 22.9 Å². The average molecular weight is 374 g/mol. The summed E-state index contributed by atoms with van der Waals surface area (Å²) in [6.45, 7) is 1.48. The zero-order valence-corrected chi connectivity index (χ0v) is 14.9. The summed E-state index contributed by atoms with van der Waals surface area (Å²) in [4.78, 5) is 34.5. The van der Waals surface area contributed by atoms with Crippen molar-refractivity contribution in [3.63, 3.8) is 0 Å². The highest BCUT2D eigenvalue weighted by atomic mass is 16.6. The molecule has 0 aliphatic heterocycles. The number of esters is 1. The molecule has 0 saturated heterocycles. The van der Waals surface area contributed by atoms with Crippen LogP contribution < -0.4 is 14.8 Å². The zero-order valence-electron chi connectivity index (χ0n) is 14.9. The van der Waals surface area contributed by atoms with Crippen LogP contribution in [0, 0.1) is 10.1 Å². The van der Waals surface area contributed by atoms with Gasteiger partial charge >= 0.3 is 5.97 Å². The normalized spacial score (nSPS) is 11.2. The second kappa shape index (κ2) is 8.65. The van der Waals surface area contributed by atoms with E-state index in [2.05, 4.69) is 10.1 Å². The van der Waals surface area contributed by atoms with Gasteiger partial charge in [-0.2, -0.15) is 0 Å². The van der Waals surface area contributed by atoms with Gasteiger partial charge in [0, 0.05) is 0 Å². The Morgan fingerprint density at radius 2 is 1.85 bits per heavy atom. The minimum Gasteiger partial charge on any atom is -0.496 e. The van der Waals surface area contributed by atoms with Gasteiger partial charge in [-0.25, -0.2) is 4.79 Å². The molecule has 0 aromatic heterocycles. The fraction of sp³-hybridized carbons (Fsp3) is 0.222. The summed E-state index contributed by atoms with van der Waals surface area (Å²) in [5, 5.41) is 13.6. The highest BCUT2D eigenvalue weighted by molar-refractivity contribution is 5.96. The van der Waals surface area contributed by atoms with Crippen molar-refractivity contribution in [3.05, 3.63) is 58.1 Å². The van der Waals surface area contributed by atoms with Gasteiger partial charge in [-0.15, -0.1) is 0 Å². The van der Waals surface area contributed by atoms with Crippen molar-refractivity contribution in [3.8, 4) is 11.5 Å². The molecule has 2 aromatic rings. The maximum Gasteiger partial charge on any atom is 0.337 e. The van der Waals surface area contributed by atoms with Crippen molar-refractivity contribution in [1.82, 2.24) is 0 Å². The number of nitro groups is 1. The number of benzene rings is 2. The molecule has 27 heavy (non-hydrogen) atoms. The Balaban J connectivity index is 2.12. The molecule has 1 amide bonds. The van der Waals surface area contributed by atoms with Crippen molar-refractivity contribution in [2.45, 2.75) is 13.0 Å². The number of carbonyl (C=O) groups excluding carboxylic acids is 2. The number of hydrogen-bond acceptors (Lipinski definition) is 7. The summed E-state index contributed by atoms with van der Waals surface area (Å²) in [6, 6.07) is 10.2. The quantitative estimate of drug-likeness (QED) is 0.450. The van der Waals surface area contributed by atoms with Crippen molar-refractivity contribution < 1.29 is 28.7 Å². The molecule has 0 aliphatic rings. The first-order valence-corrected chi connectivity index (χ1v) is 7.84. The van der Waals surface area contributed by atoms with E-state index in [4.69, 9.17) is 9.47 Å². The molecule has 2 aromatic carbocycles. The van der Waals surface area contributed by atoms with Crippen LogP contribution in [0.2, 0.25) is 0 Å². The van der Waals surface area contributed by atoms with Gasteiger partial charge in [-0.1, -0.05) is 6.07 Å². The third-order valence-corrected chi connectivity index (χ3v) is 3.60.